The number of hydrogen-bond acceptors (Lipinski definition) is 4. The fourth-order valence-electron chi connectivity index (χ4n) is 0.781. The molecule has 0 unspecified atom stereocenters. The summed E-state index contributed by atoms with van der Waals surface area (Å²) in [6, 6.07) is 1.67. The van der Waals surface area contributed by atoms with Crippen LogP contribution in [0.1, 0.15) is 0 Å². The number of pyridine rings is 1. The standard InChI is InChI=1S/C6H5N3O/c7-6-1-5-4(2-8-6)3-10-9-5/h1-3H,7H2. The molecule has 2 aromatic heterocycles. The molecule has 0 fully saturated rings. The van der Waals surface area contributed by atoms with Gasteiger partial charge in [0.2, 0.25) is 0 Å². The normalized spacial score (nSPS) is 10.4. The highest BCUT2D eigenvalue weighted by atomic mass is 16.5. The molecule has 0 aromatic carbocycles. The van der Waals surface area contributed by atoms with Gasteiger partial charge in [0.15, 0.2) is 0 Å². The second-order valence-corrected chi connectivity index (χ2v) is 1.98. The molecule has 0 radical (unpaired) electrons. The Labute approximate surface area is 56.6 Å². The molecule has 2 N–H and O–H groups in total. The first-order chi connectivity index (χ1) is 4.86. The zero-order valence-electron chi connectivity index (χ0n) is 5.11. The third-order valence-electron chi connectivity index (χ3n) is 1.26. The first-order valence-corrected chi connectivity index (χ1v) is 2.82. The van der Waals surface area contributed by atoms with E-state index in [9.17, 15) is 0 Å². The Morgan fingerprint density at radius 1 is 1.50 bits per heavy atom. The highest BCUT2D eigenvalue weighted by Crippen LogP contribution is 2.11. The van der Waals surface area contributed by atoms with Crippen molar-refractivity contribution < 1.29 is 4.52 Å². The third kappa shape index (κ3) is 0.621. The van der Waals surface area contributed by atoms with Crippen LogP contribution < -0.4 is 5.73 Å². The average Bonchev–Trinajstić information content (AvgIpc) is 2.33. The largest absolute Gasteiger partial charge is 0.384 e. The Morgan fingerprint density at radius 3 is 3.30 bits per heavy atom. The lowest BCUT2D eigenvalue weighted by Crippen LogP contribution is -1.87. The van der Waals surface area contributed by atoms with Gasteiger partial charge >= 0.3 is 0 Å². The topological polar surface area (TPSA) is 64.9 Å². The summed E-state index contributed by atoms with van der Waals surface area (Å²) in [5.41, 5.74) is 6.13. The van der Waals surface area contributed by atoms with E-state index >= 15 is 0 Å². The molecule has 2 heterocycles. The van der Waals surface area contributed by atoms with E-state index in [2.05, 4.69) is 14.7 Å². The van der Waals surface area contributed by atoms with Gasteiger partial charge in [-0.1, -0.05) is 5.16 Å². The molecule has 0 atom stereocenters. The summed E-state index contributed by atoms with van der Waals surface area (Å²) in [4.78, 5) is 3.86. The molecule has 10 heavy (non-hydrogen) atoms. The Bertz CT molecular complexity index is 355. The Hall–Kier alpha value is -1.58. The summed E-state index contributed by atoms with van der Waals surface area (Å²) >= 11 is 0. The summed E-state index contributed by atoms with van der Waals surface area (Å²) in [5.74, 6) is 0.460. The van der Waals surface area contributed by atoms with Gasteiger partial charge in [-0.05, 0) is 0 Å². The van der Waals surface area contributed by atoms with E-state index in [4.69, 9.17) is 5.73 Å². The van der Waals surface area contributed by atoms with Crippen molar-refractivity contribution in [3.05, 3.63) is 18.5 Å². The average molecular weight is 135 g/mol. The molecule has 0 saturated heterocycles. The highest BCUT2D eigenvalue weighted by molar-refractivity contribution is 5.78. The second-order valence-electron chi connectivity index (χ2n) is 1.98. The van der Waals surface area contributed by atoms with E-state index in [1.807, 2.05) is 0 Å². The number of nitrogens with zero attached hydrogens (tertiary/aromatic N) is 2. The second kappa shape index (κ2) is 1.70. The quantitative estimate of drug-likeness (QED) is 0.580. The van der Waals surface area contributed by atoms with Crippen molar-refractivity contribution >= 4 is 16.7 Å². The van der Waals surface area contributed by atoms with E-state index in [1.54, 1.807) is 12.3 Å². The predicted molar refractivity (Wildman–Crippen MR) is 36.2 cm³/mol. The predicted octanol–water partition coefficient (Wildman–Crippen LogP) is 0.805. The van der Waals surface area contributed by atoms with E-state index in [0.29, 0.717) is 5.82 Å². The number of aromatic nitrogens is 2. The maximum atomic E-state index is 5.39. The number of rotatable bonds is 0. The van der Waals surface area contributed by atoms with Crippen LogP contribution in [0, 0.1) is 0 Å². The van der Waals surface area contributed by atoms with Crippen molar-refractivity contribution in [2.75, 3.05) is 5.73 Å². The van der Waals surface area contributed by atoms with Crippen molar-refractivity contribution in [3.8, 4) is 0 Å². The highest BCUT2D eigenvalue weighted by Gasteiger charge is 1.96. The van der Waals surface area contributed by atoms with Crippen LogP contribution in [0.4, 0.5) is 5.82 Å². The van der Waals surface area contributed by atoms with Gasteiger partial charge in [-0.25, -0.2) is 4.98 Å². The lowest BCUT2D eigenvalue weighted by Gasteiger charge is -1.86. The first kappa shape index (κ1) is 5.22. The maximum Gasteiger partial charge on any atom is 0.133 e. The molecule has 0 amide bonds. The minimum Gasteiger partial charge on any atom is -0.384 e. The number of nitrogen functional groups attached to an aromatic ring is 1. The summed E-state index contributed by atoms with van der Waals surface area (Å²) in [6.07, 6.45) is 3.16. The minimum absolute atomic E-state index is 0.460. The van der Waals surface area contributed by atoms with E-state index < -0.39 is 0 Å². The smallest absolute Gasteiger partial charge is 0.133 e. The summed E-state index contributed by atoms with van der Waals surface area (Å²) in [6.45, 7) is 0. The number of nitrogens with two attached hydrogens (primary N) is 1. The van der Waals surface area contributed by atoms with Crippen LogP contribution in [0.5, 0.6) is 0 Å². The van der Waals surface area contributed by atoms with Crippen LogP contribution in [-0.4, -0.2) is 10.1 Å². The van der Waals surface area contributed by atoms with Gasteiger partial charge in [-0.3, -0.25) is 0 Å². The van der Waals surface area contributed by atoms with Crippen molar-refractivity contribution in [1.29, 1.82) is 0 Å². The van der Waals surface area contributed by atoms with Gasteiger partial charge in [0.25, 0.3) is 0 Å². The van der Waals surface area contributed by atoms with Crippen LogP contribution in [0.15, 0.2) is 23.0 Å². The van der Waals surface area contributed by atoms with Crippen molar-refractivity contribution in [2.45, 2.75) is 0 Å². The lowest BCUT2D eigenvalue weighted by molar-refractivity contribution is 0.428. The van der Waals surface area contributed by atoms with Gasteiger partial charge in [0.1, 0.15) is 17.6 Å². The SMILES string of the molecule is Nc1cc2nocc2cn1. The molecule has 4 nitrogen and oxygen atoms in total. The van der Waals surface area contributed by atoms with Crippen molar-refractivity contribution in [3.63, 3.8) is 0 Å². The molecule has 0 bridgehead atoms. The molecule has 0 aliphatic carbocycles. The lowest BCUT2D eigenvalue weighted by atomic mass is 10.3. The van der Waals surface area contributed by atoms with Crippen LogP contribution in [0.2, 0.25) is 0 Å². The molecule has 2 rings (SSSR count). The third-order valence-corrected chi connectivity index (χ3v) is 1.26. The van der Waals surface area contributed by atoms with Gasteiger partial charge in [-0.15, -0.1) is 0 Å². The van der Waals surface area contributed by atoms with Gasteiger partial charge in [0, 0.05) is 12.3 Å². The van der Waals surface area contributed by atoms with E-state index in [1.165, 1.54) is 6.26 Å². The molecule has 0 aliphatic heterocycles. The molecule has 4 heteroatoms. The van der Waals surface area contributed by atoms with Crippen LogP contribution in [0.3, 0.4) is 0 Å². The molecular formula is C6H5N3O. The monoisotopic (exact) mass is 135 g/mol. The van der Waals surface area contributed by atoms with Gasteiger partial charge < -0.3 is 10.3 Å². The van der Waals surface area contributed by atoms with E-state index in [-0.39, 0.29) is 0 Å². The molecule has 2 aromatic rings. The molecule has 50 valence electrons. The number of anilines is 1. The first-order valence-electron chi connectivity index (χ1n) is 2.82. The van der Waals surface area contributed by atoms with Crippen LogP contribution in [0.25, 0.3) is 10.9 Å². The van der Waals surface area contributed by atoms with Crippen LogP contribution in [-0.2, 0) is 0 Å². The Balaban J connectivity index is 2.86. The Kier molecular flexibility index (Phi) is 0.887. The summed E-state index contributed by atoms with van der Waals surface area (Å²) in [7, 11) is 0. The fourth-order valence-corrected chi connectivity index (χ4v) is 0.781. The molecule has 0 spiro atoms. The molecule has 0 saturated carbocycles. The van der Waals surface area contributed by atoms with Gasteiger partial charge in [-0.2, -0.15) is 0 Å². The maximum absolute atomic E-state index is 5.39. The van der Waals surface area contributed by atoms with Gasteiger partial charge in [0.05, 0.1) is 5.39 Å². The van der Waals surface area contributed by atoms with Crippen molar-refractivity contribution in [2.24, 2.45) is 0 Å². The summed E-state index contributed by atoms with van der Waals surface area (Å²) in [5, 5.41) is 4.55. The molecule has 0 aliphatic rings. The number of hydrogen-bond donors (Lipinski definition) is 1. The molecular weight excluding hydrogens is 130 g/mol. The fraction of sp³-hybridized carbons (Fsp3) is 0. The number of fused-ring (bicyclic) bond motifs is 1. The van der Waals surface area contributed by atoms with E-state index in [0.717, 1.165) is 10.9 Å². The Morgan fingerprint density at radius 2 is 2.40 bits per heavy atom. The van der Waals surface area contributed by atoms with Crippen LogP contribution >= 0.6 is 0 Å². The zero-order chi connectivity index (χ0) is 6.97. The zero-order valence-corrected chi connectivity index (χ0v) is 5.11. The van der Waals surface area contributed by atoms with Crippen molar-refractivity contribution in [1.82, 2.24) is 10.1 Å². The minimum atomic E-state index is 0.460. The summed E-state index contributed by atoms with van der Waals surface area (Å²) < 4.78 is 4.67.